The molecular formula is C15H24N2O2. The van der Waals surface area contributed by atoms with Gasteiger partial charge in [-0.2, -0.15) is 0 Å². The summed E-state index contributed by atoms with van der Waals surface area (Å²) in [5, 5.41) is 3.33. The molecule has 0 aromatic heterocycles. The summed E-state index contributed by atoms with van der Waals surface area (Å²) in [5.41, 5.74) is 1.64. The molecule has 0 radical (unpaired) electrons. The van der Waals surface area contributed by atoms with Crippen LogP contribution < -0.4 is 5.32 Å². The highest BCUT2D eigenvalue weighted by molar-refractivity contribution is 5.89. The third kappa shape index (κ3) is 6.25. The second-order valence-electron chi connectivity index (χ2n) is 4.80. The Bertz CT molecular complexity index is 374. The van der Waals surface area contributed by atoms with Crippen molar-refractivity contribution in [1.82, 2.24) is 4.90 Å². The number of nitrogens with zero attached hydrogens (tertiary/aromatic N) is 1. The van der Waals surface area contributed by atoms with Gasteiger partial charge in [0.15, 0.2) is 0 Å². The van der Waals surface area contributed by atoms with Gasteiger partial charge >= 0.3 is 5.97 Å². The molecule has 0 heterocycles. The fourth-order valence-electron chi connectivity index (χ4n) is 1.63. The van der Waals surface area contributed by atoms with Crippen molar-refractivity contribution in [2.75, 3.05) is 39.1 Å². The van der Waals surface area contributed by atoms with Crippen LogP contribution in [-0.4, -0.2) is 44.7 Å². The minimum absolute atomic E-state index is 0.249. The predicted molar refractivity (Wildman–Crippen MR) is 78.7 cm³/mol. The predicted octanol–water partition coefficient (Wildman–Crippen LogP) is 2.62. The topological polar surface area (TPSA) is 41.6 Å². The largest absolute Gasteiger partial charge is 0.462 e. The van der Waals surface area contributed by atoms with E-state index in [1.54, 1.807) is 12.1 Å². The number of anilines is 1. The number of rotatable bonds is 8. The van der Waals surface area contributed by atoms with Crippen molar-refractivity contribution in [2.45, 2.75) is 19.8 Å². The maximum atomic E-state index is 11.6. The summed E-state index contributed by atoms with van der Waals surface area (Å²) < 4.78 is 5.08. The minimum atomic E-state index is -0.249. The number of esters is 1. The summed E-state index contributed by atoms with van der Waals surface area (Å²) >= 11 is 0. The first-order valence-electron chi connectivity index (χ1n) is 6.79. The summed E-state index contributed by atoms with van der Waals surface area (Å²) in [6.45, 7) is 4.45. The van der Waals surface area contributed by atoms with Crippen LogP contribution in [0.4, 0.5) is 5.69 Å². The van der Waals surface area contributed by atoms with E-state index in [1.165, 1.54) is 0 Å². The lowest BCUT2D eigenvalue weighted by Crippen LogP contribution is -2.16. The van der Waals surface area contributed by atoms with Crippen LogP contribution in [0.2, 0.25) is 0 Å². The van der Waals surface area contributed by atoms with E-state index in [0.717, 1.165) is 31.6 Å². The highest BCUT2D eigenvalue weighted by atomic mass is 16.5. The first kappa shape index (κ1) is 15.5. The van der Waals surface area contributed by atoms with Crippen LogP contribution >= 0.6 is 0 Å². The lowest BCUT2D eigenvalue weighted by atomic mass is 10.2. The molecule has 0 bridgehead atoms. The van der Waals surface area contributed by atoms with Crippen molar-refractivity contribution >= 4 is 11.7 Å². The van der Waals surface area contributed by atoms with Crippen LogP contribution in [0.5, 0.6) is 0 Å². The minimum Gasteiger partial charge on any atom is -0.462 e. The number of hydrogen-bond acceptors (Lipinski definition) is 4. The molecule has 0 fully saturated rings. The molecule has 1 aromatic carbocycles. The van der Waals surface area contributed by atoms with Crippen LogP contribution in [0.15, 0.2) is 24.3 Å². The zero-order valence-electron chi connectivity index (χ0n) is 12.1. The molecule has 0 atom stereocenters. The second-order valence-corrected chi connectivity index (χ2v) is 4.80. The van der Waals surface area contributed by atoms with Crippen LogP contribution in [0, 0.1) is 0 Å². The van der Waals surface area contributed by atoms with Gasteiger partial charge in [-0.1, -0.05) is 6.92 Å². The Morgan fingerprint density at radius 1 is 1.26 bits per heavy atom. The van der Waals surface area contributed by atoms with Gasteiger partial charge in [-0.3, -0.25) is 0 Å². The van der Waals surface area contributed by atoms with E-state index in [9.17, 15) is 4.79 Å². The zero-order valence-corrected chi connectivity index (χ0v) is 12.1. The first-order valence-corrected chi connectivity index (χ1v) is 6.79. The van der Waals surface area contributed by atoms with Gasteiger partial charge in [0.1, 0.15) is 0 Å². The molecule has 4 nitrogen and oxygen atoms in total. The van der Waals surface area contributed by atoms with Crippen molar-refractivity contribution in [2.24, 2.45) is 0 Å². The Balaban J connectivity index is 2.36. The quantitative estimate of drug-likeness (QED) is 0.579. The van der Waals surface area contributed by atoms with E-state index in [-0.39, 0.29) is 5.97 Å². The van der Waals surface area contributed by atoms with Gasteiger partial charge in [-0.15, -0.1) is 0 Å². The number of carbonyl (C=O) groups excluding carboxylic acids is 1. The Morgan fingerprint density at radius 3 is 2.53 bits per heavy atom. The number of benzene rings is 1. The molecular weight excluding hydrogens is 240 g/mol. The van der Waals surface area contributed by atoms with Gasteiger partial charge in [-0.25, -0.2) is 4.79 Å². The number of hydrogen-bond donors (Lipinski definition) is 1. The molecule has 0 aliphatic carbocycles. The molecule has 1 rings (SSSR count). The standard InChI is InChI=1S/C15H24N2O2/c1-4-12-19-15(18)13-6-8-14(9-7-13)16-10-5-11-17(2)3/h6-9,16H,4-5,10-12H2,1-3H3. The summed E-state index contributed by atoms with van der Waals surface area (Å²) in [6.07, 6.45) is 1.94. The molecule has 106 valence electrons. The van der Waals surface area contributed by atoms with Crippen LogP contribution in [0.25, 0.3) is 0 Å². The fourth-order valence-corrected chi connectivity index (χ4v) is 1.63. The molecule has 0 aliphatic rings. The second kappa shape index (κ2) is 8.53. The number of nitrogens with one attached hydrogen (secondary N) is 1. The van der Waals surface area contributed by atoms with Crippen molar-refractivity contribution in [3.05, 3.63) is 29.8 Å². The monoisotopic (exact) mass is 264 g/mol. The molecule has 4 heteroatoms. The zero-order chi connectivity index (χ0) is 14.1. The van der Waals surface area contributed by atoms with E-state index in [1.807, 2.05) is 19.1 Å². The van der Waals surface area contributed by atoms with Crippen molar-refractivity contribution in [3.63, 3.8) is 0 Å². The van der Waals surface area contributed by atoms with Gasteiger partial charge < -0.3 is 15.0 Å². The highest BCUT2D eigenvalue weighted by Gasteiger charge is 2.05. The van der Waals surface area contributed by atoms with Gasteiger partial charge in [0.25, 0.3) is 0 Å². The molecule has 0 aliphatic heterocycles. The van der Waals surface area contributed by atoms with Crippen molar-refractivity contribution in [1.29, 1.82) is 0 Å². The summed E-state index contributed by atoms with van der Waals surface area (Å²) in [6, 6.07) is 7.43. The van der Waals surface area contributed by atoms with Crippen molar-refractivity contribution < 1.29 is 9.53 Å². The van der Waals surface area contributed by atoms with Crippen molar-refractivity contribution in [3.8, 4) is 0 Å². The molecule has 0 unspecified atom stereocenters. The fraction of sp³-hybridized carbons (Fsp3) is 0.533. The van der Waals surface area contributed by atoms with Crippen LogP contribution in [0.3, 0.4) is 0 Å². The molecule has 0 saturated heterocycles. The summed E-state index contributed by atoms with van der Waals surface area (Å²) in [5.74, 6) is -0.249. The van der Waals surface area contributed by atoms with E-state index >= 15 is 0 Å². The smallest absolute Gasteiger partial charge is 0.338 e. The van der Waals surface area contributed by atoms with Crippen LogP contribution in [-0.2, 0) is 4.74 Å². The lowest BCUT2D eigenvalue weighted by Gasteiger charge is -2.11. The third-order valence-corrected chi connectivity index (χ3v) is 2.67. The van der Waals surface area contributed by atoms with E-state index in [4.69, 9.17) is 4.74 Å². The maximum absolute atomic E-state index is 11.6. The molecule has 0 amide bonds. The average molecular weight is 264 g/mol. The molecule has 0 saturated carbocycles. The third-order valence-electron chi connectivity index (χ3n) is 2.67. The van der Waals surface area contributed by atoms with E-state index < -0.39 is 0 Å². The van der Waals surface area contributed by atoms with Gasteiger partial charge in [-0.05, 0) is 57.7 Å². The summed E-state index contributed by atoms with van der Waals surface area (Å²) in [4.78, 5) is 13.8. The normalized spacial score (nSPS) is 10.5. The molecule has 1 aromatic rings. The van der Waals surface area contributed by atoms with Gasteiger partial charge in [0.2, 0.25) is 0 Å². The van der Waals surface area contributed by atoms with Gasteiger partial charge in [0, 0.05) is 12.2 Å². The molecule has 0 spiro atoms. The Hall–Kier alpha value is -1.55. The first-order chi connectivity index (χ1) is 9.13. The molecule has 19 heavy (non-hydrogen) atoms. The number of carbonyl (C=O) groups is 1. The Kier molecular flexibility index (Phi) is 6.97. The summed E-state index contributed by atoms with van der Waals surface area (Å²) in [7, 11) is 4.13. The van der Waals surface area contributed by atoms with E-state index in [2.05, 4.69) is 24.3 Å². The highest BCUT2D eigenvalue weighted by Crippen LogP contribution is 2.10. The number of ether oxygens (including phenoxy) is 1. The van der Waals surface area contributed by atoms with E-state index in [0.29, 0.717) is 12.2 Å². The Labute approximate surface area is 115 Å². The maximum Gasteiger partial charge on any atom is 0.338 e. The lowest BCUT2D eigenvalue weighted by molar-refractivity contribution is 0.0505. The van der Waals surface area contributed by atoms with Gasteiger partial charge in [0.05, 0.1) is 12.2 Å². The average Bonchev–Trinajstić information content (AvgIpc) is 2.41. The SMILES string of the molecule is CCCOC(=O)c1ccc(NCCCN(C)C)cc1. The Morgan fingerprint density at radius 2 is 1.95 bits per heavy atom. The van der Waals surface area contributed by atoms with Crippen LogP contribution in [0.1, 0.15) is 30.1 Å². The molecule has 1 N–H and O–H groups in total.